The summed E-state index contributed by atoms with van der Waals surface area (Å²) >= 11 is 0. The molecule has 0 aromatic carbocycles. The standard InChI is InChI=1S/C11H21N3O2/c1-3-15-11(16-4-2)9-12-5-7-14-8-6-13-10-14/h6,8,10-12H,3-5,7,9H2,1-2H3. The van der Waals surface area contributed by atoms with Crippen molar-refractivity contribution in [3.63, 3.8) is 0 Å². The van der Waals surface area contributed by atoms with E-state index in [-0.39, 0.29) is 6.29 Å². The predicted molar refractivity (Wildman–Crippen MR) is 62.1 cm³/mol. The Bertz CT molecular complexity index is 246. The van der Waals surface area contributed by atoms with Crippen molar-refractivity contribution in [2.45, 2.75) is 26.7 Å². The van der Waals surface area contributed by atoms with E-state index in [1.807, 2.05) is 30.9 Å². The normalized spacial score (nSPS) is 11.2. The average molecular weight is 227 g/mol. The topological polar surface area (TPSA) is 48.3 Å². The lowest BCUT2D eigenvalue weighted by Gasteiger charge is -2.17. The summed E-state index contributed by atoms with van der Waals surface area (Å²) in [6.45, 7) is 7.80. The molecule has 0 spiro atoms. The van der Waals surface area contributed by atoms with Gasteiger partial charge in [-0.25, -0.2) is 4.98 Å². The molecule has 16 heavy (non-hydrogen) atoms. The van der Waals surface area contributed by atoms with Crippen LogP contribution in [-0.4, -0.2) is 42.1 Å². The number of nitrogens with zero attached hydrogens (tertiary/aromatic N) is 2. The lowest BCUT2D eigenvalue weighted by atomic mass is 10.5. The van der Waals surface area contributed by atoms with E-state index in [4.69, 9.17) is 9.47 Å². The molecule has 92 valence electrons. The highest BCUT2D eigenvalue weighted by Crippen LogP contribution is 1.93. The van der Waals surface area contributed by atoms with Crippen LogP contribution in [0, 0.1) is 0 Å². The number of aromatic nitrogens is 2. The highest BCUT2D eigenvalue weighted by molar-refractivity contribution is 4.74. The molecular formula is C11H21N3O2. The lowest BCUT2D eigenvalue weighted by Crippen LogP contribution is -2.33. The maximum Gasteiger partial charge on any atom is 0.169 e. The number of nitrogens with one attached hydrogen (secondary N) is 1. The maximum atomic E-state index is 5.42. The molecule has 0 atom stereocenters. The number of hydrogen-bond donors (Lipinski definition) is 1. The number of ether oxygens (including phenoxy) is 2. The Morgan fingerprint density at radius 1 is 1.31 bits per heavy atom. The molecule has 0 saturated carbocycles. The van der Waals surface area contributed by atoms with Gasteiger partial charge in [-0.1, -0.05) is 0 Å². The molecule has 0 aliphatic rings. The smallest absolute Gasteiger partial charge is 0.169 e. The molecular weight excluding hydrogens is 206 g/mol. The molecule has 5 heteroatoms. The van der Waals surface area contributed by atoms with Gasteiger partial charge >= 0.3 is 0 Å². The molecule has 0 aliphatic heterocycles. The Kier molecular flexibility index (Phi) is 6.80. The van der Waals surface area contributed by atoms with Gasteiger partial charge < -0.3 is 19.4 Å². The van der Waals surface area contributed by atoms with Crippen molar-refractivity contribution in [2.75, 3.05) is 26.3 Å². The third-order valence-electron chi connectivity index (χ3n) is 2.12. The van der Waals surface area contributed by atoms with Gasteiger partial charge in [0.25, 0.3) is 0 Å². The molecule has 0 saturated heterocycles. The summed E-state index contributed by atoms with van der Waals surface area (Å²) in [6, 6.07) is 0. The van der Waals surface area contributed by atoms with Crippen molar-refractivity contribution >= 4 is 0 Å². The van der Waals surface area contributed by atoms with E-state index < -0.39 is 0 Å². The van der Waals surface area contributed by atoms with Gasteiger partial charge in [0.1, 0.15) is 0 Å². The van der Waals surface area contributed by atoms with E-state index in [0.717, 1.165) is 19.6 Å². The van der Waals surface area contributed by atoms with Crippen LogP contribution in [0.25, 0.3) is 0 Å². The zero-order valence-electron chi connectivity index (χ0n) is 10.1. The zero-order chi connectivity index (χ0) is 11.6. The first-order valence-corrected chi connectivity index (χ1v) is 5.76. The fourth-order valence-electron chi connectivity index (χ4n) is 1.38. The number of rotatable bonds is 9. The van der Waals surface area contributed by atoms with Gasteiger partial charge in [-0.2, -0.15) is 0 Å². The summed E-state index contributed by atoms with van der Waals surface area (Å²) in [6.07, 6.45) is 5.40. The van der Waals surface area contributed by atoms with E-state index in [1.165, 1.54) is 0 Å². The third kappa shape index (κ3) is 5.25. The van der Waals surface area contributed by atoms with Crippen LogP contribution in [0.15, 0.2) is 18.7 Å². The molecule has 0 aliphatic carbocycles. The molecule has 1 aromatic rings. The first-order chi connectivity index (χ1) is 7.86. The van der Waals surface area contributed by atoms with Crippen LogP contribution >= 0.6 is 0 Å². The molecule has 0 bridgehead atoms. The monoisotopic (exact) mass is 227 g/mol. The third-order valence-corrected chi connectivity index (χ3v) is 2.12. The first-order valence-electron chi connectivity index (χ1n) is 5.76. The SMILES string of the molecule is CCOC(CNCCn1ccnc1)OCC. The quantitative estimate of drug-likeness (QED) is 0.502. The molecule has 5 nitrogen and oxygen atoms in total. The zero-order valence-corrected chi connectivity index (χ0v) is 10.1. The summed E-state index contributed by atoms with van der Waals surface area (Å²) < 4.78 is 12.9. The van der Waals surface area contributed by atoms with Crippen LogP contribution < -0.4 is 5.32 Å². The predicted octanol–water partition coefficient (Wildman–Crippen LogP) is 0.872. The van der Waals surface area contributed by atoms with E-state index in [2.05, 4.69) is 10.3 Å². The van der Waals surface area contributed by atoms with E-state index in [9.17, 15) is 0 Å². The van der Waals surface area contributed by atoms with Crippen molar-refractivity contribution < 1.29 is 9.47 Å². The summed E-state index contributed by atoms with van der Waals surface area (Å²) in [4.78, 5) is 3.98. The minimum Gasteiger partial charge on any atom is -0.352 e. The highest BCUT2D eigenvalue weighted by Gasteiger charge is 2.06. The maximum absolute atomic E-state index is 5.42. The molecule has 0 radical (unpaired) electrons. The van der Waals surface area contributed by atoms with Crippen LogP contribution in [0.3, 0.4) is 0 Å². The van der Waals surface area contributed by atoms with Crippen LogP contribution in [-0.2, 0) is 16.0 Å². The number of hydrogen-bond acceptors (Lipinski definition) is 4. The minimum atomic E-state index is -0.141. The van der Waals surface area contributed by atoms with E-state index in [0.29, 0.717) is 13.2 Å². The van der Waals surface area contributed by atoms with Gasteiger partial charge in [-0.3, -0.25) is 0 Å². The second-order valence-electron chi connectivity index (χ2n) is 3.34. The van der Waals surface area contributed by atoms with Gasteiger partial charge in [0, 0.05) is 45.2 Å². The van der Waals surface area contributed by atoms with Crippen LogP contribution in [0.2, 0.25) is 0 Å². The van der Waals surface area contributed by atoms with Gasteiger partial charge in [0.15, 0.2) is 6.29 Å². The fraction of sp³-hybridized carbons (Fsp3) is 0.727. The van der Waals surface area contributed by atoms with E-state index in [1.54, 1.807) is 6.20 Å². The largest absolute Gasteiger partial charge is 0.352 e. The average Bonchev–Trinajstić information content (AvgIpc) is 2.78. The van der Waals surface area contributed by atoms with Crippen molar-refractivity contribution in [2.24, 2.45) is 0 Å². The highest BCUT2D eigenvalue weighted by atomic mass is 16.7. The fourth-order valence-corrected chi connectivity index (χ4v) is 1.38. The van der Waals surface area contributed by atoms with Crippen molar-refractivity contribution in [1.82, 2.24) is 14.9 Å². The van der Waals surface area contributed by atoms with Crippen LogP contribution in [0.5, 0.6) is 0 Å². The molecule has 1 aromatic heterocycles. The van der Waals surface area contributed by atoms with Crippen LogP contribution in [0.4, 0.5) is 0 Å². The Labute approximate surface area is 96.8 Å². The van der Waals surface area contributed by atoms with E-state index >= 15 is 0 Å². The summed E-state index contributed by atoms with van der Waals surface area (Å²) in [5.74, 6) is 0. The van der Waals surface area contributed by atoms with Crippen LogP contribution in [0.1, 0.15) is 13.8 Å². The summed E-state index contributed by atoms with van der Waals surface area (Å²) in [7, 11) is 0. The Morgan fingerprint density at radius 2 is 2.06 bits per heavy atom. The molecule has 1 N–H and O–H groups in total. The minimum absolute atomic E-state index is 0.141. The van der Waals surface area contributed by atoms with Gasteiger partial charge in [0.05, 0.1) is 6.33 Å². The summed E-state index contributed by atoms with van der Waals surface area (Å²) in [5, 5.41) is 3.29. The van der Waals surface area contributed by atoms with Crippen molar-refractivity contribution in [3.8, 4) is 0 Å². The molecule has 1 heterocycles. The Hall–Kier alpha value is -0.910. The molecule has 0 unspecified atom stereocenters. The van der Waals surface area contributed by atoms with Gasteiger partial charge in [-0.05, 0) is 13.8 Å². The first kappa shape index (κ1) is 13.2. The second kappa shape index (κ2) is 8.27. The van der Waals surface area contributed by atoms with Crippen molar-refractivity contribution in [1.29, 1.82) is 0 Å². The molecule has 0 amide bonds. The lowest BCUT2D eigenvalue weighted by molar-refractivity contribution is -0.132. The van der Waals surface area contributed by atoms with Gasteiger partial charge in [-0.15, -0.1) is 0 Å². The number of imidazole rings is 1. The summed E-state index contributed by atoms with van der Waals surface area (Å²) in [5.41, 5.74) is 0. The second-order valence-corrected chi connectivity index (χ2v) is 3.34. The molecule has 1 rings (SSSR count). The molecule has 0 fully saturated rings. The Morgan fingerprint density at radius 3 is 2.62 bits per heavy atom. The van der Waals surface area contributed by atoms with Gasteiger partial charge in [0.2, 0.25) is 0 Å². The van der Waals surface area contributed by atoms with Crippen molar-refractivity contribution in [3.05, 3.63) is 18.7 Å². The Balaban J connectivity index is 2.08.